The third kappa shape index (κ3) is 14.7. The first-order valence-corrected chi connectivity index (χ1v) is 26.9. The highest BCUT2D eigenvalue weighted by molar-refractivity contribution is 7.92. The van der Waals surface area contributed by atoms with Crippen LogP contribution in [0.25, 0.3) is 10.8 Å². The average Bonchev–Trinajstić information content (AvgIpc) is 4.06. The molecule has 1 saturated carbocycles. The average molecular weight is 966 g/mol. The van der Waals surface area contributed by atoms with Gasteiger partial charge in [-0.3, -0.25) is 4.79 Å². The highest BCUT2D eigenvalue weighted by Gasteiger charge is 2.39. The molecule has 3 N–H and O–H groups in total. The number of carboxylic acids is 1. The Balaban J connectivity index is 1.27. The molecule has 0 saturated heterocycles. The summed E-state index contributed by atoms with van der Waals surface area (Å²) in [4.78, 5) is 71.2. The number of nitrogens with zero attached hydrogens (tertiary/aromatic N) is 3. The van der Waals surface area contributed by atoms with Crippen molar-refractivity contribution in [2.45, 2.75) is 121 Å². The number of anilines is 3. The van der Waals surface area contributed by atoms with Gasteiger partial charge in [-0.05, 0) is 114 Å². The fraction of sp³-hybridized carbons (Fsp3) is 0.447. The molecule has 0 spiro atoms. The number of amides is 4. The maximum Gasteiger partial charge on any atom is 0.425 e. The van der Waals surface area contributed by atoms with Crippen molar-refractivity contribution in [1.82, 2.24) is 9.88 Å². The lowest BCUT2D eigenvalue weighted by Gasteiger charge is -2.28. The molecule has 5 rings (SSSR count). The molecule has 4 amide bonds. The fourth-order valence-corrected chi connectivity index (χ4v) is 9.17. The van der Waals surface area contributed by atoms with Crippen LogP contribution in [0.4, 0.5) is 36.0 Å². The minimum absolute atomic E-state index is 0.0361. The zero-order chi connectivity index (χ0) is 49.6. The summed E-state index contributed by atoms with van der Waals surface area (Å²) in [5.74, 6) is -2.90. The molecule has 0 aliphatic heterocycles. The Morgan fingerprint density at radius 3 is 2.12 bits per heavy atom. The largest absolute Gasteiger partial charge is 0.479 e. The second kappa shape index (κ2) is 20.8. The smallest absolute Gasteiger partial charge is 0.425 e. The molecule has 1 aliphatic rings. The SMILES string of the molecule is CN(Cc1cc(NC(=O)COCc2cccc(C(Nc3ccc4c(N(C(=O)OC(C)(C)C)C(=O)OC(C)(C)C)ncc(F)c4c3)C(=O)O)c2)ccc1S(=O)(=O)C1CC1)C(=O)OCC[Si](C)(C)C. The number of nitrogens with one attached hydrogen (secondary N) is 2. The van der Waals surface area contributed by atoms with Gasteiger partial charge in [-0.2, -0.15) is 4.90 Å². The van der Waals surface area contributed by atoms with Crippen LogP contribution in [0.5, 0.6) is 0 Å². The minimum Gasteiger partial charge on any atom is -0.479 e. The van der Waals surface area contributed by atoms with Crippen LogP contribution in [0.15, 0.2) is 71.8 Å². The maximum atomic E-state index is 15.4. The zero-order valence-electron chi connectivity index (χ0n) is 39.5. The number of rotatable bonds is 17. The molecule has 3 aromatic carbocycles. The second-order valence-electron chi connectivity index (χ2n) is 19.5. The molecule has 67 heavy (non-hydrogen) atoms. The quantitative estimate of drug-likeness (QED) is 0.0663. The van der Waals surface area contributed by atoms with Gasteiger partial charge in [0.25, 0.3) is 0 Å². The summed E-state index contributed by atoms with van der Waals surface area (Å²) in [6, 6.07) is 14.4. The number of sulfone groups is 1. The summed E-state index contributed by atoms with van der Waals surface area (Å²) in [6.45, 7) is 15.8. The maximum absolute atomic E-state index is 15.4. The number of carboxylic acid groups (broad SMARTS) is 1. The predicted molar refractivity (Wildman–Crippen MR) is 253 cm³/mol. The number of aliphatic carboxylic acids is 1. The number of aromatic nitrogens is 1. The Kier molecular flexibility index (Phi) is 16.1. The summed E-state index contributed by atoms with van der Waals surface area (Å²) in [7, 11) is -3.59. The summed E-state index contributed by atoms with van der Waals surface area (Å²) >= 11 is 0. The van der Waals surface area contributed by atoms with Gasteiger partial charge in [0.1, 0.15) is 23.6 Å². The summed E-state index contributed by atoms with van der Waals surface area (Å²) in [5.41, 5.74) is -0.395. The van der Waals surface area contributed by atoms with Gasteiger partial charge in [0, 0.05) is 37.3 Å². The summed E-state index contributed by atoms with van der Waals surface area (Å²) in [6.07, 6.45) is -0.871. The lowest BCUT2D eigenvalue weighted by molar-refractivity contribution is -0.138. The molecule has 1 heterocycles. The van der Waals surface area contributed by atoms with Gasteiger partial charge in [0.2, 0.25) is 5.91 Å². The third-order valence-electron chi connectivity index (χ3n) is 9.94. The Morgan fingerprint density at radius 2 is 1.52 bits per heavy atom. The molecule has 1 aliphatic carbocycles. The first-order valence-electron chi connectivity index (χ1n) is 21.7. The van der Waals surface area contributed by atoms with E-state index in [9.17, 15) is 37.5 Å². The van der Waals surface area contributed by atoms with Crippen molar-refractivity contribution < 1.29 is 60.8 Å². The van der Waals surface area contributed by atoms with Crippen molar-refractivity contribution in [2.24, 2.45) is 0 Å². The van der Waals surface area contributed by atoms with Gasteiger partial charge in [0.05, 0.1) is 36.1 Å². The normalized spacial score (nSPS) is 13.6. The minimum atomic E-state index is -3.66. The molecule has 4 aromatic rings. The van der Waals surface area contributed by atoms with Gasteiger partial charge in [-0.25, -0.2) is 37.0 Å². The van der Waals surface area contributed by atoms with Crippen molar-refractivity contribution in [3.63, 3.8) is 0 Å². The van der Waals surface area contributed by atoms with E-state index in [2.05, 4.69) is 35.3 Å². The van der Waals surface area contributed by atoms with E-state index in [0.717, 1.165) is 12.2 Å². The molecular weight excluding hydrogens is 906 g/mol. The van der Waals surface area contributed by atoms with E-state index in [1.807, 2.05) is 0 Å². The van der Waals surface area contributed by atoms with Crippen LogP contribution in [-0.2, 0) is 51.5 Å². The van der Waals surface area contributed by atoms with Crippen molar-refractivity contribution in [2.75, 3.05) is 35.8 Å². The number of imide groups is 1. The third-order valence-corrected chi connectivity index (χ3v) is 14.0. The van der Waals surface area contributed by atoms with Gasteiger partial charge in [0.15, 0.2) is 21.7 Å². The number of ether oxygens (including phenoxy) is 4. The number of pyridine rings is 1. The summed E-state index contributed by atoms with van der Waals surface area (Å²) in [5, 5.41) is 15.4. The van der Waals surface area contributed by atoms with E-state index in [1.54, 1.807) is 65.8 Å². The topological polar surface area (TPSA) is 220 Å². The molecule has 1 fully saturated rings. The van der Waals surface area contributed by atoms with Crippen LogP contribution < -0.4 is 15.5 Å². The van der Waals surface area contributed by atoms with Crippen molar-refractivity contribution in [1.29, 1.82) is 0 Å². The monoisotopic (exact) mass is 965 g/mol. The van der Waals surface area contributed by atoms with E-state index in [0.29, 0.717) is 40.1 Å². The number of carbonyl (C=O) groups excluding carboxylic acids is 4. The highest BCUT2D eigenvalue weighted by Crippen LogP contribution is 2.37. The standard InChI is InChI=1S/C47H60FN5O12SSi/c1-46(2,3)64-44(58)53(45(59)65-47(4,5)6)41-35-18-14-33(24-36(35)37(48)25-49-41)51-40(42(55)56)30-13-11-12-29(22-30)27-62-28-39(54)50-32-15-19-38(66(60,61)34-16-17-34)31(23-32)26-52(7)43(57)63-20-21-67(8,9)10/h11-15,18-19,22-25,34,40,51H,16-17,20-21,26-28H2,1-10H3,(H,50,54)(H,55,56). The van der Waals surface area contributed by atoms with Crippen LogP contribution in [0.1, 0.15) is 77.1 Å². The Hall–Kier alpha value is -6.12. The number of carbonyl (C=O) groups is 5. The molecular formula is C47H60FN5O12SSi. The lowest BCUT2D eigenvalue weighted by Crippen LogP contribution is -2.44. The molecule has 0 bridgehead atoms. The van der Waals surface area contributed by atoms with Crippen LogP contribution in [0.2, 0.25) is 25.7 Å². The first-order chi connectivity index (χ1) is 31.1. The number of halogens is 1. The second-order valence-corrected chi connectivity index (χ2v) is 27.4. The highest BCUT2D eigenvalue weighted by atomic mass is 32.2. The van der Waals surface area contributed by atoms with Gasteiger partial charge >= 0.3 is 24.2 Å². The Morgan fingerprint density at radius 1 is 0.881 bits per heavy atom. The Labute approximate surface area is 391 Å². The zero-order valence-corrected chi connectivity index (χ0v) is 41.3. The van der Waals surface area contributed by atoms with Crippen molar-refractivity contribution >= 4 is 76.0 Å². The Bertz CT molecular complexity index is 2600. The lowest BCUT2D eigenvalue weighted by atomic mass is 10.0. The summed E-state index contributed by atoms with van der Waals surface area (Å²) < 4.78 is 64.1. The van der Waals surface area contributed by atoms with Crippen LogP contribution in [-0.4, -0.2) is 98.4 Å². The first kappa shape index (κ1) is 51.9. The number of fused-ring (bicyclic) bond motifs is 1. The predicted octanol–water partition coefficient (Wildman–Crippen LogP) is 9.29. The van der Waals surface area contributed by atoms with Crippen molar-refractivity contribution in [3.8, 4) is 0 Å². The van der Waals surface area contributed by atoms with Crippen molar-refractivity contribution in [3.05, 3.63) is 89.4 Å². The van der Waals surface area contributed by atoms with Gasteiger partial charge < -0.3 is 39.6 Å². The van der Waals surface area contributed by atoms with E-state index in [4.69, 9.17) is 18.9 Å². The fourth-order valence-electron chi connectivity index (χ4n) is 6.59. The van der Waals surface area contributed by atoms with Crippen LogP contribution in [0.3, 0.4) is 0 Å². The van der Waals surface area contributed by atoms with Crippen LogP contribution in [0, 0.1) is 5.82 Å². The van der Waals surface area contributed by atoms with Gasteiger partial charge in [-0.15, -0.1) is 0 Å². The molecule has 1 atom stereocenters. The molecule has 0 radical (unpaired) electrons. The van der Waals surface area contributed by atoms with E-state index in [1.165, 1.54) is 48.3 Å². The molecule has 20 heteroatoms. The van der Waals surface area contributed by atoms with Gasteiger partial charge in [-0.1, -0.05) is 43.9 Å². The van der Waals surface area contributed by atoms with E-state index < -0.39 is 83.0 Å². The molecule has 17 nitrogen and oxygen atoms in total. The molecule has 1 aromatic heterocycles. The number of benzene rings is 3. The van der Waals surface area contributed by atoms with E-state index in [-0.39, 0.29) is 46.9 Å². The van der Waals surface area contributed by atoms with E-state index >= 15 is 4.39 Å². The number of hydrogen-bond acceptors (Lipinski definition) is 13. The van der Waals surface area contributed by atoms with Crippen LogP contribution >= 0.6 is 0 Å². The molecule has 362 valence electrons. The molecule has 1 unspecified atom stereocenters. The number of hydrogen-bond donors (Lipinski definition) is 3.